The van der Waals surface area contributed by atoms with Crippen molar-refractivity contribution in [1.82, 2.24) is 5.16 Å². The number of ether oxygens (including phenoxy) is 1. The molecule has 0 saturated heterocycles. The van der Waals surface area contributed by atoms with Gasteiger partial charge in [0.05, 0.1) is 13.3 Å². The lowest BCUT2D eigenvalue weighted by Crippen LogP contribution is -2.47. The standard InChI is InChI=1S/C9H12N2O3/c1-13-8(12)9(10)4-2-3-7-6(9)5-11-14-7/h5H,2-4,10H2,1H3. The number of hydrogen-bond acceptors (Lipinski definition) is 5. The zero-order valence-corrected chi connectivity index (χ0v) is 7.95. The van der Waals surface area contributed by atoms with Gasteiger partial charge in [-0.15, -0.1) is 0 Å². The highest BCUT2D eigenvalue weighted by atomic mass is 16.5. The predicted octanol–water partition coefficient (Wildman–Crippen LogP) is 0.338. The van der Waals surface area contributed by atoms with Crippen molar-refractivity contribution >= 4 is 5.97 Å². The first kappa shape index (κ1) is 9.21. The Morgan fingerprint density at radius 3 is 3.29 bits per heavy atom. The Kier molecular flexibility index (Phi) is 2.03. The van der Waals surface area contributed by atoms with Gasteiger partial charge in [-0.2, -0.15) is 0 Å². The summed E-state index contributed by atoms with van der Waals surface area (Å²) in [6.45, 7) is 0. The van der Waals surface area contributed by atoms with Crippen LogP contribution in [-0.4, -0.2) is 18.2 Å². The van der Waals surface area contributed by atoms with Gasteiger partial charge in [0.25, 0.3) is 0 Å². The summed E-state index contributed by atoms with van der Waals surface area (Å²) in [5.41, 5.74) is 5.59. The van der Waals surface area contributed by atoms with E-state index < -0.39 is 11.5 Å². The van der Waals surface area contributed by atoms with Crippen LogP contribution in [0, 0.1) is 0 Å². The molecule has 1 unspecified atom stereocenters. The van der Waals surface area contributed by atoms with Crippen molar-refractivity contribution < 1.29 is 14.1 Å². The number of esters is 1. The highest BCUT2D eigenvalue weighted by Crippen LogP contribution is 2.33. The van der Waals surface area contributed by atoms with Gasteiger partial charge in [-0.1, -0.05) is 5.16 Å². The average Bonchev–Trinajstić information content (AvgIpc) is 2.66. The van der Waals surface area contributed by atoms with Crippen LogP contribution in [0.2, 0.25) is 0 Å². The van der Waals surface area contributed by atoms with Crippen LogP contribution >= 0.6 is 0 Å². The Hall–Kier alpha value is -1.36. The number of hydrogen-bond donors (Lipinski definition) is 1. The Bertz CT molecular complexity index is 361. The molecule has 0 fully saturated rings. The summed E-state index contributed by atoms with van der Waals surface area (Å²) >= 11 is 0. The van der Waals surface area contributed by atoms with Gasteiger partial charge >= 0.3 is 5.97 Å². The molecule has 1 heterocycles. The van der Waals surface area contributed by atoms with E-state index in [2.05, 4.69) is 9.89 Å². The number of methoxy groups -OCH3 is 1. The molecule has 1 aromatic heterocycles. The van der Waals surface area contributed by atoms with E-state index in [1.807, 2.05) is 0 Å². The summed E-state index contributed by atoms with van der Waals surface area (Å²) in [5.74, 6) is 0.269. The molecule has 1 aliphatic rings. The summed E-state index contributed by atoms with van der Waals surface area (Å²) in [7, 11) is 1.33. The third kappa shape index (κ3) is 1.13. The SMILES string of the molecule is COC(=O)C1(N)CCCc2oncc21. The van der Waals surface area contributed by atoms with Crippen molar-refractivity contribution in [1.29, 1.82) is 0 Å². The molecule has 0 bridgehead atoms. The van der Waals surface area contributed by atoms with Gasteiger partial charge < -0.3 is 15.0 Å². The monoisotopic (exact) mass is 196 g/mol. The molecule has 2 N–H and O–H groups in total. The first-order valence-corrected chi connectivity index (χ1v) is 4.50. The molecule has 0 aliphatic heterocycles. The Balaban J connectivity index is 2.44. The lowest BCUT2D eigenvalue weighted by atomic mass is 9.81. The van der Waals surface area contributed by atoms with Gasteiger partial charge in [-0.3, -0.25) is 0 Å². The Morgan fingerprint density at radius 2 is 2.57 bits per heavy atom. The normalized spacial score (nSPS) is 25.6. The van der Waals surface area contributed by atoms with E-state index in [0.717, 1.165) is 12.8 Å². The molecule has 1 aromatic rings. The van der Waals surface area contributed by atoms with Crippen LogP contribution in [0.25, 0.3) is 0 Å². The van der Waals surface area contributed by atoms with E-state index in [1.54, 1.807) is 0 Å². The van der Waals surface area contributed by atoms with E-state index in [1.165, 1.54) is 13.3 Å². The topological polar surface area (TPSA) is 78.4 Å². The second-order valence-corrected chi connectivity index (χ2v) is 3.48. The number of carbonyl (C=O) groups excluding carboxylic acids is 1. The summed E-state index contributed by atoms with van der Waals surface area (Å²) < 4.78 is 9.69. The maximum Gasteiger partial charge on any atom is 0.330 e. The number of nitrogens with zero attached hydrogens (tertiary/aromatic N) is 1. The van der Waals surface area contributed by atoms with Crippen LogP contribution in [0.3, 0.4) is 0 Å². The molecule has 76 valence electrons. The van der Waals surface area contributed by atoms with Crippen LogP contribution in [-0.2, 0) is 21.5 Å². The molecule has 2 rings (SSSR count). The van der Waals surface area contributed by atoms with E-state index in [0.29, 0.717) is 17.7 Å². The molecule has 0 aromatic carbocycles. The second kappa shape index (κ2) is 3.09. The summed E-state index contributed by atoms with van der Waals surface area (Å²) in [6, 6.07) is 0. The Morgan fingerprint density at radius 1 is 1.79 bits per heavy atom. The lowest BCUT2D eigenvalue weighted by molar-refractivity contribution is -0.148. The van der Waals surface area contributed by atoms with Crippen molar-refractivity contribution in [3.63, 3.8) is 0 Å². The van der Waals surface area contributed by atoms with E-state index in [4.69, 9.17) is 10.3 Å². The molecule has 5 nitrogen and oxygen atoms in total. The van der Waals surface area contributed by atoms with Crippen LogP contribution in [0.4, 0.5) is 0 Å². The van der Waals surface area contributed by atoms with Gasteiger partial charge in [0.2, 0.25) is 0 Å². The minimum absolute atomic E-state index is 0.429. The fraction of sp³-hybridized carbons (Fsp3) is 0.556. The maximum atomic E-state index is 11.5. The Labute approximate surface area is 81.2 Å². The zero-order valence-electron chi connectivity index (χ0n) is 7.95. The maximum absolute atomic E-state index is 11.5. The molecular formula is C9H12N2O3. The first-order chi connectivity index (χ1) is 6.68. The van der Waals surface area contributed by atoms with Gasteiger partial charge in [0.15, 0.2) is 0 Å². The number of nitrogens with two attached hydrogens (primary N) is 1. The van der Waals surface area contributed by atoms with Crippen LogP contribution in [0.1, 0.15) is 24.2 Å². The van der Waals surface area contributed by atoms with Crippen LogP contribution in [0.15, 0.2) is 10.7 Å². The van der Waals surface area contributed by atoms with E-state index in [9.17, 15) is 4.79 Å². The first-order valence-electron chi connectivity index (χ1n) is 4.50. The largest absolute Gasteiger partial charge is 0.467 e. The fourth-order valence-electron chi connectivity index (χ4n) is 1.86. The molecule has 0 saturated carbocycles. The molecule has 1 aliphatic carbocycles. The fourth-order valence-corrected chi connectivity index (χ4v) is 1.86. The van der Waals surface area contributed by atoms with Crippen molar-refractivity contribution in [2.45, 2.75) is 24.8 Å². The van der Waals surface area contributed by atoms with Gasteiger partial charge in [0.1, 0.15) is 11.3 Å². The minimum atomic E-state index is -1.07. The summed E-state index contributed by atoms with van der Waals surface area (Å²) in [5, 5.41) is 3.65. The highest BCUT2D eigenvalue weighted by Gasteiger charge is 2.43. The quantitative estimate of drug-likeness (QED) is 0.655. The number of carbonyl (C=O) groups is 1. The summed E-state index contributed by atoms with van der Waals surface area (Å²) in [4.78, 5) is 11.5. The third-order valence-electron chi connectivity index (χ3n) is 2.65. The van der Waals surface area contributed by atoms with Gasteiger partial charge in [-0.25, -0.2) is 4.79 Å². The number of rotatable bonds is 1. The van der Waals surface area contributed by atoms with Crippen molar-refractivity contribution in [3.05, 3.63) is 17.5 Å². The molecule has 14 heavy (non-hydrogen) atoms. The van der Waals surface area contributed by atoms with E-state index in [-0.39, 0.29) is 0 Å². The van der Waals surface area contributed by atoms with E-state index >= 15 is 0 Å². The smallest absolute Gasteiger partial charge is 0.330 e. The van der Waals surface area contributed by atoms with Gasteiger partial charge in [-0.05, 0) is 12.8 Å². The molecule has 5 heteroatoms. The molecule has 0 radical (unpaired) electrons. The molecule has 0 spiro atoms. The third-order valence-corrected chi connectivity index (χ3v) is 2.65. The number of fused-ring (bicyclic) bond motifs is 1. The lowest BCUT2D eigenvalue weighted by Gasteiger charge is -2.28. The highest BCUT2D eigenvalue weighted by molar-refractivity contribution is 5.82. The average molecular weight is 196 g/mol. The van der Waals surface area contributed by atoms with Crippen molar-refractivity contribution in [2.24, 2.45) is 5.73 Å². The minimum Gasteiger partial charge on any atom is -0.467 e. The van der Waals surface area contributed by atoms with Gasteiger partial charge in [0, 0.05) is 12.0 Å². The predicted molar refractivity (Wildman–Crippen MR) is 47.3 cm³/mol. The van der Waals surface area contributed by atoms with Crippen molar-refractivity contribution in [3.8, 4) is 0 Å². The van der Waals surface area contributed by atoms with Crippen LogP contribution in [0.5, 0.6) is 0 Å². The number of aromatic nitrogens is 1. The molecule has 1 atom stereocenters. The summed E-state index contributed by atoms with van der Waals surface area (Å²) in [6.07, 6.45) is 3.68. The number of aryl methyl sites for hydroxylation is 1. The molecular weight excluding hydrogens is 184 g/mol. The second-order valence-electron chi connectivity index (χ2n) is 3.48. The van der Waals surface area contributed by atoms with Crippen LogP contribution < -0.4 is 5.73 Å². The van der Waals surface area contributed by atoms with Crippen molar-refractivity contribution in [2.75, 3.05) is 7.11 Å². The zero-order chi connectivity index (χ0) is 10.2. The molecule has 0 amide bonds.